The maximum Gasteiger partial charge on any atom is 0.334 e. The van der Waals surface area contributed by atoms with Crippen molar-refractivity contribution in [2.45, 2.75) is 6.92 Å². The van der Waals surface area contributed by atoms with Crippen LogP contribution in [0.4, 0.5) is 0 Å². The number of hydrogen-bond donors (Lipinski definition) is 0. The molecule has 2 aromatic rings. The SMILES string of the molecule is COC(=O)C(C)=Cn1nnc2ccccc21. The molecule has 0 saturated heterocycles. The van der Waals surface area contributed by atoms with Crippen LogP contribution in [0.15, 0.2) is 29.8 Å². The molecule has 0 saturated carbocycles. The van der Waals surface area contributed by atoms with Gasteiger partial charge >= 0.3 is 5.97 Å². The fraction of sp³-hybridized carbons (Fsp3) is 0.182. The molecule has 1 heterocycles. The van der Waals surface area contributed by atoms with E-state index in [0.29, 0.717) is 5.57 Å². The number of carbonyl (C=O) groups is 1. The van der Waals surface area contributed by atoms with Gasteiger partial charge in [0.25, 0.3) is 0 Å². The van der Waals surface area contributed by atoms with Crippen LogP contribution >= 0.6 is 0 Å². The summed E-state index contributed by atoms with van der Waals surface area (Å²) in [7, 11) is 1.35. The van der Waals surface area contributed by atoms with E-state index in [4.69, 9.17) is 0 Å². The van der Waals surface area contributed by atoms with Crippen LogP contribution in [0, 0.1) is 0 Å². The van der Waals surface area contributed by atoms with Gasteiger partial charge in [-0.1, -0.05) is 17.3 Å². The van der Waals surface area contributed by atoms with E-state index in [0.717, 1.165) is 11.0 Å². The second kappa shape index (κ2) is 4.14. The van der Waals surface area contributed by atoms with Gasteiger partial charge in [0.1, 0.15) is 5.52 Å². The quantitative estimate of drug-likeness (QED) is 0.564. The summed E-state index contributed by atoms with van der Waals surface area (Å²) in [6, 6.07) is 7.53. The summed E-state index contributed by atoms with van der Waals surface area (Å²) < 4.78 is 6.16. The molecule has 0 aliphatic heterocycles. The highest BCUT2D eigenvalue weighted by atomic mass is 16.5. The Morgan fingerprint density at radius 2 is 2.19 bits per heavy atom. The highest BCUT2D eigenvalue weighted by Crippen LogP contribution is 2.11. The van der Waals surface area contributed by atoms with Crippen molar-refractivity contribution in [2.24, 2.45) is 0 Å². The van der Waals surface area contributed by atoms with Crippen molar-refractivity contribution in [3.63, 3.8) is 0 Å². The maximum absolute atomic E-state index is 11.2. The van der Waals surface area contributed by atoms with Crippen molar-refractivity contribution in [1.29, 1.82) is 0 Å². The number of para-hydroxylation sites is 1. The highest BCUT2D eigenvalue weighted by molar-refractivity contribution is 5.91. The standard InChI is InChI=1S/C11H11N3O2/c1-8(11(15)16-2)7-14-10-6-4-3-5-9(10)12-13-14/h3-7H,1-2H3. The number of hydrogen-bond acceptors (Lipinski definition) is 4. The Balaban J connectivity index is 2.45. The molecular weight excluding hydrogens is 206 g/mol. The zero-order chi connectivity index (χ0) is 11.5. The fourth-order valence-electron chi connectivity index (χ4n) is 1.38. The average Bonchev–Trinajstić information content (AvgIpc) is 2.72. The van der Waals surface area contributed by atoms with Crippen LogP contribution in [0.2, 0.25) is 0 Å². The lowest BCUT2D eigenvalue weighted by Gasteiger charge is -1.98. The number of nitrogens with zero attached hydrogens (tertiary/aromatic N) is 3. The minimum absolute atomic E-state index is 0.375. The summed E-state index contributed by atoms with van der Waals surface area (Å²) in [4.78, 5) is 11.2. The van der Waals surface area contributed by atoms with E-state index in [1.165, 1.54) is 7.11 Å². The zero-order valence-corrected chi connectivity index (χ0v) is 9.04. The summed E-state index contributed by atoms with van der Waals surface area (Å²) >= 11 is 0. The second-order valence-electron chi connectivity index (χ2n) is 3.33. The highest BCUT2D eigenvalue weighted by Gasteiger charge is 2.05. The lowest BCUT2D eigenvalue weighted by molar-refractivity contribution is -0.135. The van der Waals surface area contributed by atoms with E-state index in [1.54, 1.807) is 17.8 Å². The fourth-order valence-corrected chi connectivity index (χ4v) is 1.38. The lowest BCUT2D eigenvalue weighted by Crippen LogP contribution is -2.03. The topological polar surface area (TPSA) is 57.0 Å². The molecule has 5 heteroatoms. The molecule has 0 bridgehead atoms. The van der Waals surface area contributed by atoms with Crippen LogP contribution in [0.5, 0.6) is 0 Å². The normalized spacial score (nSPS) is 11.8. The first-order chi connectivity index (χ1) is 7.72. The van der Waals surface area contributed by atoms with Crippen LogP contribution < -0.4 is 0 Å². The number of carbonyl (C=O) groups excluding carboxylic acids is 1. The molecule has 0 fully saturated rings. The number of aromatic nitrogens is 3. The minimum atomic E-state index is -0.375. The number of fused-ring (bicyclic) bond motifs is 1. The Hall–Kier alpha value is -2.17. The van der Waals surface area contributed by atoms with Gasteiger partial charge in [0.05, 0.1) is 18.2 Å². The summed E-state index contributed by atoms with van der Waals surface area (Å²) in [6.45, 7) is 1.67. The van der Waals surface area contributed by atoms with Crippen LogP contribution in [0.25, 0.3) is 17.2 Å². The Labute approximate surface area is 92.3 Å². The van der Waals surface area contributed by atoms with Crippen molar-refractivity contribution in [2.75, 3.05) is 7.11 Å². The molecule has 2 rings (SSSR count). The van der Waals surface area contributed by atoms with Gasteiger partial charge in [0, 0.05) is 6.20 Å². The third-order valence-electron chi connectivity index (χ3n) is 2.20. The predicted molar refractivity (Wildman–Crippen MR) is 59.5 cm³/mol. The number of esters is 1. The van der Waals surface area contributed by atoms with Gasteiger partial charge in [-0.15, -0.1) is 5.10 Å². The molecule has 0 aliphatic rings. The molecule has 16 heavy (non-hydrogen) atoms. The van der Waals surface area contributed by atoms with E-state index in [2.05, 4.69) is 15.0 Å². The van der Waals surface area contributed by atoms with Crippen molar-refractivity contribution < 1.29 is 9.53 Å². The first-order valence-electron chi connectivity index (χ1n) is 4.79. The van der Waals surface area contributed by atoms with Crippen LogP contribution in [0.1, 0.15) is 6.92 Å². The third-order valence-corrected chi connectivity index (χ3v) is 2.20. The van der Waals surface area contributed by atoms with E-state index in [-0.39, 0.29) is 5.97 Å². The van der Waals surface area contributed by atoms with Crippen LogP contribution in [0.3, 0.4) is 0 Å². The molecule has 0 radical (unpaired) electrons. The largest absolute Gasteiger partial charge is 0.466 e. The van der Waals surface area contributed by atoms with E-state index in [1.807, 2.05) is 24.3 Å². The second-order valence-corrected chi connectivity index (χ2v) is 3.33. The molecule has 0 unspecified atom stereocenters. The van der Waals surface area contributed by atoms with E-state index >= 15 is 0 Å². The summed E-state index contributed by atoms with van der Waals surface area (Å²) in [6.07, 6.45) is 1.60. The predicted octanol–water partition coefficient (Wildman–Crippen LogP) is 1.47. The Kier molecular flexibility index (Phi) is 2.68. The van der Waals surface area contributed by atoms with Gasteiger partial charge in [-0.2, -0.15) is 0 Å². The zero-order valence-electron chi connectivity index (χ0n) is 9.04. The van der Waals surface area contributed by atoms with Gasteiger partial charge < -0.3 is 4.74 Å². The molecule has 0 amide bonds. The van der Waals surface area contributed by atoms with E-state index in [9.17, 15) is 4.79 Å². The molecule has 1 aromatic heterocycles. The smallest absolute Gasteiger partial charge is 0.334 e. The van der Waals surface area contributed by atoms with Crippen molar-refractivity contribution >= 4 is 23.2 Å². The van der Waals surface area contributed by atoms with Gasteiger partial charge in [-0.05, 0) is 19.1 Å². The molecule has 0 atom stereocenters. The van der Waals surface area contributed by atoms with Crippen molar-refractivity contribution in [3.8, 4) is 0 Å². The number of methoxy groups -OCH3 is 1. The van der Waals surface area contributed by atoms with Crippen molar-refractivity contribution in [1.82, 2.24) is 15.0 Å². The van der Waals surface area contributed by atoms with E-state index < -0.39 is 0 Å². The minimum Gasteiger partial charge on any atom is -0.466 e. The molecule has 0 spiro atoms. The van der Waals surface area contributed by atoms with Gasteiger partial charge in [-0.3, -0.25) is 0 Å². The molecule has 0 N–H and O–H groups in total. The number of rotatable bonds is 2. The van der Waals surface area contributed by atoms with Crippen LogP contribution in [-0.2, 0) is 9.53 Å². The Morgan fingerprint density at radius 1 is 1.44 bits per heavy atom. The summed E-state index contributed by atoms with van der Waals surface area (Å²) in [5.74, 6) is -0.375. The van der Waals surface area contributed by atoms with Crippen LogP contribution in [-0.4, -0.2) is 28.1 Å². The maximum atomic E-state index is 11.2. The lowest BCUT2D eigenvalue weighted by atomic mass is 10.3. The molecule has 82 valence electrons. The molecular formula is C11H11N3O2. The van der Waals surface area contributed by atoms with Gasteiger partial charge in [0.15, 0.2) is 0 Å². The first kappa shape index (κ1) is 10.4. The summed E-state index contributed by atoms with van der Waals surface area (Å²) in [5.41, 5.74) is 2.11. The number of benzene rings is 1. The molecule has 1 aromatic carbocycles. The molecule has 0 aliphatic carbocycles. The molecule has 5 nitrogen and oxygen atoms in total. The Morgan fingerprint density at radius 3 is 2.94 bits per heavy atom. The first-order valence-corrected chi connectivity index (χ1v) is 4.79. The monoisotopic (exact) mass is 217 g/mol. The average molecular weight is 217 g/mol. The number of ether oxygens (including phenoxy) is 1. The van der Waals surface area contributed by atoms with Gasteiger partial charge in [0.2, 0.25) is 0 Å². The third kappa shape index (κ3) is 1.79. The van der Waals surface area contributed by atoms with Crippen molar-refractivity contribution in [3.05, 3.63) is 29.8 Å². The Bertz CT molecular complexity index is 557. The summed E-state index contributed by atoms with van der Waals surface area (Å²) in [5, 5.41) is 7.91. The van der Waals surface area contributed by atoms with Gasteiger partial charge in [-0.25, -0.2) is 9.48 Å².